The molecule has 1 aromatic heterocycles. The number of amides is 1. The molecule has 0 aliphatic carbocycles. The predicted molar refractivity (Wildman–Crippen MR) is 63.6 cm³/mol. The van der Waals surface area contributed by atoms with Gasteiger partial charge in [0.25, 0.3) is 0 Å². The molecule has 1 aromatic rings. The van der Waals surface area contributed by atoms with E-state index in [1.807, 2.05) is 0 Å². The summed E-state index contributed by atoms with van der Waals surface area (Å²) in [6.45, 7) is 5.24. The maximum Gasteiger partial charge on any atom is 0.415 e. The van der Waals surface area contributed by atoms with Crippen molar-refractivity contribution < 1.29 is 19.4 Å². The Morgan fingerprint density at radius 2 is 1.89 bits per heavy atom. The van der Waals surface area contributed by atoms with E-state index in [9.17, 15) is 9.59 Å². The zero-order valence-corrected chi connectivity index (χ0v) is 10.7. The molecule has 0 unspecified atom stereocenters. The van der Waals surface area contributed by atoms with Crippen LogP contribution in [0.4, 0.5) is 10.6 Å². The number of carboxylic acid groups (broad SMARTS) is 1. The van der Waals surface area contributed by atoms with E-state index in [1.54, 1.807) is 20.8 Å². The number of aromatic nitrogens is 2. The zero-order chi connectivity index (χ0) is 13.9. The number of hydrogen-bond donors (Lipinski definition) is 1. The highest BCUT2D eigenvalue weighted by molar-refractivity contribution is 5.87. The smallest absolute Gasteiger partial charge is 0.415 e. The Bertz CT molecular complexity index is 450. The van der Waals surface area contributed by atoms with Gasteiger partial charge in [0.2, 0.25) is 0 Å². The number of hydrogen-bond acceptors (Lipinski definition) is 5. The van der Waals surface area contributed by atoms with E-state index in [0.29, 0.717) is 0 Å². The molecule has 0 saturated carbocycles. The lowest BCUT2D eigenvalue weighted by molar-refractivity contribution is 0.0587. The largest absolute Gasteiger partial charge is 0.476 e. The summed E-state index contributed by atoms with van der Waals surface area (Å²) < 4.78 is 5.13. The van der Waals surface area contributed by atoms with Crippen molar-refractivity contribution in [3.05, 3.63) is 17.8 Å². The second-order valence-corrected chi connectivity index (χ2v) is 4.62. The summed E-state index contributed by atoms with van der Waals surface area (Å²) in [6.07, 6.45) is -0.583. The second kappa shape index (κ2) is 4.99. The number of nitrogens with zero attached hydrogens (tertiary/aromatic N) is 3. The van der Waals surface area contributed by atoms with Gasteiger partial charge in [0, 0.05) is 7.05 Å². The molecule has 0 radical (unpaired) electrons. The molecular weight excluding hydrogens is 238 g/mol. The number of aromatic carboxylic acids is 1. The first-order chi connectivity index (χ1) is 8.20. The van der Waals surface area contributed by atoms with Crippen molar-refractivity contribution in [2.45, 2.75) is 26.4 Å². The van der Waals surface area contributed by atoms with Gasteiger partial charge in [-0.1, -0.05) is 0 Å². The van der Waals surface area contributed by atoms with Crippen LogP contribution in [0.5, 0.6) is 0 Å². The summed E-state index contributed by atoms with van der Waals surface area (Å²) in [5, 5.41) is 15.8. The highest BCUT2D eigenvalue weighted by Gasteiger charge is 2.21. The number of carbonyl (C=O) groups is 2. The van der Waals surface area contributed by atoms with E-state index in [4.69, 9.17) is 9.84 Å². The molecule has 0 bridgehead atoms. The Labute approximate surface area is 104 Å². The van der Waals surface area contributed by atoms with Crippen LogP contribution in [0, 0.1) is 0 Å². The van der Waals surface area contributed by atoms with Gasteiger partial charge in [0.05, 0.1) is 0 Å². The van der Waals surface area contributed by atoms with Crippen LogP contribution in [0.3, 0.4) is 0 Å². The molecule has 1 N–H and O–H groups in total. The summed E-state index contributed by atoms with van der Waals surface area (Å²) in [7, 11) is 1.47. The number of rotatable bonds is 2. The molecule has 0 aliphatic rings. The first-order valence-corrected chi connectivity index (χ1v) is 5.24. The van der Waals surface area contributed by atoms with Gasteiger partial charge in [-0.05, 0) is 32.9 Å². The van der Waals surface area contributed by atoms with Crippen molar-refractivity contribution in [2.24, 2.45) is 0 Å². The van der Waals surface area contributed by atoms with Crippen molar-refractivity contribution in [3.8, 4) is 0 Å². The normalized spacial score (nSPS) is 10.9. The Kier molecular flexibility index (Phi) is 3.85. The number of anilines is 1. The molecular formula is C11H15N3O4. The van der Waals surface area contributed by atoms with Gasteiger partial charge < -0.3 is 9.84 Å². The molecule has 0 saturated heterocycles. The SMILES string of the molecule is CN(C(=O)OC(C)(C)C)c1ccc(C(=O)O)nn1. The minimum absolute atomic E-state index is 0.184. The van der Waals surface area contributed by atoms with Gasteiger partial charge in [-0.2, -0.15) is 0 Å². The van der Waals surface area contributed by atoms with Gasteiger partial charge in [0.1, 0.15) is 5.60 Å². The Morgan fingerprint density at radius 3 is 2.28 bits per heavy atom. The van der Waals surface area contributed by atoms with E-state index >= 15 is 0 Å². The van der Waals surface area contributed by atoms with Crippen molar-refractivity contribution in [2.75, 3.05) is 11.9 Å². The molecule has 0 aromatic carbocycles. The third-order valence-electron chi connectivity index (χ3n) is 1.88. The monoisotopic (exact) mass is 253 g/mol. The van der Waals surface area contributed by atoms with Gasteiger partial charge >= 0.3 is 12.1 Å². The second-order valence-electron chi connectivity index (χ2n) is 4.62. The van der Waals surface area contributed by atoms with Gasteiger partial charge in [-0.25, -0.2) is 9.59 Å². The lowest BCUT2D eigenvalue weighted by Crippen LogP contribution is -2.34. The summed E-state index contributed by atoms with van der Waals surface area (Å²) >= 11 is 0. The van der Waals surface area contributed by atoms with E-state index in [2.05, 4.69) is 10.2 Å². The molecule has 0 atom stereocenters. The van der Waals surface area contributed by atoms with Crippen molar-refractivity contribution >= 4 is 17.9 Å². The number of ether oxygens (including phenoxy) is 1. The molecule has 7 nitrogen and oxygen atoms in total. The van der Waals surface area contributed by atoms with E-state index < -0.39 is 17.7 Å². The fraction of sp³-hybridized carbons (Fsp3) is 0.455. The first kappa shape index (κ1) is 13.9. The van der Waals surface area contributed by atoms with Crippen LogP contribution in [0.15, 0.2) is 12.1 Å². The molecule has 1 heterocycles. The van der Waals surface area contributed by atoms with Gasteiger partial charge in [0.15, 0.2) is 11.5 Å². The summed E-state index contributed by atoms with van der Waals surface area (Å²) in [6, 6.07) is 2.66. The minimum Gasteiger partial charge on any atom is -0.476 e. The maximum absolute atomic E-state index is 11.7. The van der Waals surface area contributed by atoms with E-state index in [0.717, 1.165) is 4.90 Å². The summed E-state index contributed by atoms with van der Waals surface area (Å²) in [5.74, 6) is -0.955. The Hall–Kier alpha value is -2.18. The van der Waals surface area contributed by atoms with Crippen LogP contribution in [-0.2, 0) is 4.74 Å². The molecule has 98 valence electrons. The third kappa shape index (κ3) is 3.69. The highest BCUT2D eigenvalue weighted by Crippen LogP contribution is 2.13. The molecule has 7 heteroatoms. The molecule has 0 aliphatic heterocycles. The minimum atomic E-state index is -1.17. The Balaban J connectivity index is 2.81. The third-order valence-corrected chi connectivity index (χ3v) is 1.88. The molecule has 0 fully saturated rings. The fourth-order valence-corrected chi connectivity index (χ4v) is 1.04. The van der Waals surface area contributed by atoms with Crippen LogP contribution < -0.4 is 4.90 Å². The van der Waals surface area contributed by atoms with Crippen LogP contribution in [0.1, 0.15) is 31.3 Å². The van der Waals surface area contributed by atoms with Crippen molar-refractivity contribution in [1.82, 2.24) is 10.2 Å². The van der Waals surface area contributed by atoms with E-state index in [-0.39, 0.29) is 11.5 Å². The molecule has 0 spiro atoms. The Morgan fingerprint density at radius 1 is 1.28 bits per heavy atom. The standard InChI is InChI=1S/C11H15N3O4/c1-11(2,3)18-10(17)14(4)8-6-5-7(9(15)16)12-13-8/h5-6H,1-4H3,(H,15,16). The van der Waals surface area contributed by atoms with Crippen LogP contribution in [0.25, 0.3) is 0 Å². The lowest BCUT2D eigenvalue weighted by Gasteiger charge is -2.23. The zero-order valence-electron chi connectivity index (χ0n) is 10.7. The molecule has 1 amide bonds. The predicted octanol–water partition coefficient (Wildman–Crippen LogP) is 1.55. The topological polar surface area (TPSA) is 92.6 Å². The maximum atomic E-state index is 11.7. The van der Waals surface area contributed by atoms with Crippen LogP contribution >= 0.6 is 0 Å². The average Bonchev–Trinajstić information content (AvgIpc) is 2.26. The van der Waals surface area contributed by atoms with Crippen molar-refractivity contribution in [3.63, 3.8) is 0 Å². The van der Waals surface area contributed by atoms with E-state index in [1.165, 1.54) is 19.2 Å². The summed E-state index contributed by atoms with van der Waals surface area (Å²) in [4.78, 5) is 23.4. The highest BCUT2D eigenvalue weighted by atomic mass is 16.6. The van der Waals surface area contributed by atoms with Gasteiger partial charge in [-0.15, -0.1) is 10.2 Å². The summed E-state index contributed by atoms with van der Waals surface area (Å²) in [5.41, 5.74) is -0.795. The lowest BCUT2D eigenvalue weighted by atomic mass is 10.2. The number of carboxylic acids is 1. The first-order valence-electron chi connectivity index (χ1n) is 5.24. The fourth-order valence-electron chi connectivity index (χ4n) is 1.04. The molecule has 1 rings (SSSR count). The van der Waals surface area contributed by atoms with Crippen LogP contribution in [0.2, 0.25) is 0 Å². The van der Waals surface area contributed by atoms with Gasteiger partial charge in [-0.3, -0.25) is 4.90 Å². The average molecular weight is 253 g/mol. The quantitative estimate of drug-likeness (QED) is 0.859. The van der Waals surface area contributed by atoms with Crippen molar-refractivity contribution in [1.29, 1.82) is 0 Å². The number of carbonyl (C=O) groups excluding carboxylic acids is 1. The van der Waals surface area contributed by atoms with Crippen LogP contribution in [-0.4, -0.2) is 40.0 Å². The molecule has 18 heavy (non-hydrogen) atoms.